The number of likely N-dealkylation sites (tertiary alicyclic amines) is 1. The number of hydrogen-bond acceptors (Lipinski definition) is 5. The summed E-state index contributed by atoms with van der Waals surface area (Å²) in [6.45, 7) is 2.14. The highest BCUT2D eigenvalue weighted by Gasteiger charge is 2.40. The molecule has 2 atom stereocenters. The molecule has 2 radical (unpaired) electrons. The second-order valence-corrected chi connectivity index (χ2v) is 8.74. The van der Waals surface area contributed by atoms with Crippen LogP contribution in [0.25, 0.3) is 0 Å². The Kier molecular flexibility index (Phi) is 6.90. The van der Waals surface area contributed by atoms with E-state index in [9.17, 15) is 14.7 Å². The highest BCUT2D eigenvalue weighted by atomic mass is 16.5. The quantitative estimate of drug-likeness (QED) is 0.487. The van der Waals surface area contributed by atoms with Gasteiger partial charge in [-0.15, -0.1) is 0 Å². The van der Waals surface area contributed by atoms with Crippen molar-refractivity contribution in [1.29, 1.82) is 0 Å². The number of fused-ring (bicyclic) bond motifs is 1. The van der Waals surface area contributed by atoms with Gasteiger partial charge < -0.3 is 30.3 Å². The van der Waals surface area contributed by atoms with Crippen molar-refractivity contribution in [1.82, 2.24) is 9.80 Å². The molecule has 0 spiro atoms. The van der Waals surface area contributed by atoms with Crippen LogP contribution in [0.15, 0.2) is 36.4 Å². The Morgan fingerprint density at radius 1 is 1.09 bits per heavy atom. The van der Waals surface area contributed by atoms with Gasteiger partial charge in [-0.25, -0.2) is 4.79 Å². The van der Waals surface area contributed by atoms with Crippen LogP contribution in [-0.2, 0) is 22.4 Å². The van der Waals surface area contributed by atoms with Gasteiger partial charge in [-0.2, -0.15) is 0 Å². The molecule has 2 unspecified atom stereocenters. The van der Waals surface area contributed by atoms with Gasteiger partial charge in [0.2, 0.25) is 5.91 Å². The number of rotatable bonds is 4. The maximum atomic E-state index is 13.2. The third kappa shape index (κ3) is 5.31. The SMILES string of the molecule is [B]c1ccc(NC(=O)N2CC(OC)CC2C(=O)Nc2cc3c(cc2O)CCN(C)CC3)cc1. The van der Waals surface area contributed by atoms with Crippen molar-refractivity contribution >= 4 is 36.6 Å². The van der Waals surface area contributed by atoms with Crippen LogP contribution in [0.1, 0.15) is 17.5 Å². The molecule has 3 amide bonds. The first-order valence-electron chi connectivity index (χ1n) is 11.1. The predicted molar refractivity (Wildman–Crippen MR) is 128 cm³/mol. The van der Waals surface area contributed by atoms with E-state index >= 15 is 0 Å². The minimum Gasteiger partial charge on any atom is -0.506 e. The van der Waals surface area contributed by atoms with E-state index in [0.29, 0.717) is 23.3 Å². The number of likely N-dealkylation sites (N-methyl/N-ethyl adjacent to an activating group) is 1. The molecule has 1 fully saturated rings. The van der Waals surface area contributed by atoms with Crippen molar-refractivity contribution in [3.8, 4) is 5.75 Å². The average molecular weight is 448 g/mol. The summed E-state index contributed by atoms with van der Waals surface area (Å²) in [5, 5.41) is 16.2. The molecule has 3 N–H and O–H groups in total. The Labute approximate surface area is 195 Å². The molecule has 0 aliphatic carbocycles. The second-order valence-electron chi connectivity index (χ2n) is 8.74. The van der Waals surface area contributed by atoms with Crippen LogP contribution in [0, 0.1) is 0 Å². The van der Waals surface area contributed by atoms with Gasteiger partial charge in [-0.1, -0.05) is 17.6 Å². The summed E-state index contributed by atoms with van der Waals surface area (Å²) in [7, 11) is 9.35. The first kappa shape index (κ1) is 23.1. The van der Waals surface area contributed by atoms with Crippen molar-refractivity contribution in [2.45, 2.75) is 31.4 Å². The van der Waals surface area contributed by atoms with Gasteiger partial charge in [0.15, 0.2) is 0 Å². The molecule has 8 nitrogen and oxygen atoms in total. The molecule has 0 saturated carbocycles. The van der Waals surface area contributed by atoms with E-state index in [4.69, 9.17) is 12.6 Å². The molecule has 2 aromatic carbocycles. The van der Waals surface area contributed by atoms with Crippen LogP contribution in [0.5, 0.6) is 5.75 Å². The van der Waals surface area contributed by atoms with E-state index in [2.05, 4.69) is 22.6 Å². The topological polar surface area (TPSA) is 94.1 Å². The Bertz CT molecular complexity index is 1030. The summed E-state index contributed by atoms with van der Waals surface area (Å²) < 4.78 is 5.44. The van der Waals surface area contributed by atoms with Crippen LogP contribution in [-0.4, -0.2) is 80.6 Å². The van der Waals surface area contributed by atoms with E-state index in [1.807, 2.05) is 6.07 Å². The number of phenolic OH excluding ortho intramolecular Hbond substituents is 1. The minimum atomic E-state index is -0.729. The van der Waals surface area contributed by atoms with Crippen molar-refractivity contribution in [2.24, 2.45) is 0 Å². The Morgan fingerprint density at radius 2 is 1.76 bits per heavy atom. The Hall–Kier alpha value is -3.04. The van der Waals surface area contributed by atoms with Gasteiger partial charge >= 0.3 is 6.03 Å². The number of amides is 3. The lowest BCUT2D eigenvalue weighted by Gasteiger charge is -2.24. The highest BCUT2D eigenvalue weighted by Crippen LogP contribution is 2.31. The molecule has 9 heteroatoms. The molecule has 1 saturated heterocycles. The summed E-state index contributed by atoms with van der Waals surface area (Å²) in [6.07, 6.45) is 1.81. The molecule has 33 heavy (non-hydrogen) atoms. The number of aromatic hydroxyl groups is 1. The first-order chi connectivity index (χ1) is 15.8. The number of phenols is 1. The smallest absolute Gasteiger partial charge is 0.322 e. The van der Waals surface area contributed by atoms with Crippen LogP contribution in [0.3, 0.4) is 0 Å². The Morgan fingerprint density at radius 3 is 2.42 bits per heavy atom. The van der Waals surface area contributed by atoms with Gasteiger partial charge in [0.1, 0.15) is 19.6 Å². The zero-order valence-electron chi connectivity index (χ0n) is 19.0. The maximum Gasteiger partial charge on any atom is 0.322 e. The largest absolute Gasteiger partial charge is 0.506 e. The standard InChI is InChI=1S/C24H29BN4O4/c1-28-9-7-15-11-20(22(30)12-16(15)8-10-28)27-23(31)21-13-19(33-2)14-29(21)24(32)26-18-5-3-17(25)4-6-18/h3-6,11-12,19,21,30H,7-10,13-14H2,1-2H3,(H,26,32)(H,27,31). The molecule has 0 aromatic heterocycles. The van der Waals surface area contributed by atoms with E-state index < -0.39 is 12.1 Å². The number of carbonyl (C=O) groups is 2. The fourth-order valence-electron chi connectivity index (χ4n) is 4.40. The lowest BCUT2D eigenvalue weighted by Crippen LogP contribution is -2.45. The number of methoxy groups -OCH3 is 1. The van der Waals surface area contributed by atoms with Gasteiger partial charge in [-0.3, -0.25) is 4.79 Å². The first-order valence-corrected chi connectivity index (χ1v) is 11.1. The van der Waals surface area contributed by atoms with E-state index in [-0.39, 0.29) is 24.3 Å². The van der Waals surface area contributed by atoms with Gasteiger partial charge in [0.05, 0.1) is 11.8 Å². The summed E-state index contributed by atoms with van der Waals surface area (Å²) in [5.74, 6) is -0.325. The molecule has 2 aliphatic rings. The number of nitrogens with one attached hydrogen (secondary N) is 2. The number of ether oxygens (including phenoxy) is 1. The van der Waals surface area contributed by atoms with E-state index in [1.54, 1.807) is 37.4 Å². The lowest BCUT2D eigenvalue weighted by molar-refractivity contribution is -0.119. The maximum absolute atomic E-state index is 13.2. The van der Waals surface area contributed by atoms with Gasteiger partial charge in [0, 0.05) is 38.9 Å². The van der Waals surface area contributed by atoms with Crippen LogP contribution in [0.2, 0.25) is 0 Å². The van der Waals surface area contributed by atoms with E-state index in [0.717, 1.165) is 37.1 Å². The normalized spacial score (nSPS) is 20.7. The average Bonchev–Trinajstić information content (AvgIpc) is 3.16. The lowest BCUT2D eigenvalue weighted by atomic mass is 9.96. The molecule has 0 bridgehead atoms. The van der Waals surface area contributed by atoms with Crippen molar-refractivity contribution in [2.75, 3.05) is 44.4 Å². The van der Waals surface area contributed by atoms with Crippen LogP contribution < -0.4 is 16.1 Å². The molecule has 172 valence electrons. The summed E-state index contributed by atoms with van der Waals surface area (Å²) in [4.78, 5) is 29.9. The van der Waals surface area contributed by atoms with Crippen molar-refractivity contribution < 1.29 is 19.4 Å². The number of benzene rings is 2. The van der Waals surface area contributed by atoms with Gasteiger partial charge in [-0.05, 0) is 55.3 Å². The van der Waals surface area contributed by atoms with E-state index in [1.165, 1.54) is 4.90 Å². The van der Waals surface area contributed by atoms with Gasteiger partial charge in [0.25, 0.3) is 0 Å². The number of hydrogen-bond donors (Lipinski definition) is 3. The molecule has 2 aliphatic heterocycles. The molecule has 2 aromatic rings. The second kappa shape index (κ2) is 9.85. The Balaban J connectivity index is 1.50. The fourth-order valence-corrected chi connectivity index (χ4v) is 4.40. The summed E-state index contributed by atoms with van der Waals surface area (Å²) in [6, 6.07) is 9.27. The molecular weight excluding hydrogens is 419 g/mol. The molecular formula is C24H29BN4O4. The third-order valence-corrected chi connectivity index (χ3v) is 6.42. The molecule has 4 rings (SSSR count). The van der Waals surface area contributed by atoms with Crippen LogP contribution in [0.4, 0.5) is 16.2 Å². The number of anilines is 2. The molecule has 2 heterocycles. The van der Waals surface area contributed by atoms with Crippen molar-refractivity contribution in [3.63, 3.8) is 0 Å². The number of nitrogens with zero attached hydrogens (tertiary/aromatic N) is 2. The zero-order chi connectivity index (χ0) is 23.5. The van der Waals surface area contributed by atoms with Crippen LogP contribution >= 0.6 is 0 Å². The monoisotopic (exact) mass is 448 g/mol. The minimum absolute atomic E-state index is 0.0332. The number of urea groups is 1. The number of carbonyl (C=O) groups excluding carboxylic acids is 2. The summed E-state index contributed by atoms with van der Waals surface area (Å²) >= 11 is 0. The summed E-state index contributed by atoms with van der Waals surface area (Å²) in [5.41, 5.74) is 3.76. The third-order valence-electron chi connectivity index (χ3n) is 6.42. The van der Waals surface area contributed by atoms with Crippen molar-refractivity contribution in [3.05, 3.63) is 47.5 Å². The fraction of sp³-hybridized carbons (Fsp3) is 0.417. The zero-order valence-corrected chi connectivity index (χ0v) is 19.0. The highest BCUT2D eigenvalue weighted by molar-refractivity contribution is 6.32. The predicted octanol–water partition coefficient (Wildman–Crippen LogP) is 1.48.